The number of carbonyl (C=O) groups excluding carboxylic acids is 1. The molecule has 1 fully saturated rings. The first-order valence-corrected chi connectivity index (χ1v) is 3.53. The van der Waals surface area contributed by atoms with Crippen molar-refractivity contribution in [2.75, 3.05) is 0 Å². The first kappa shape index (κ1) is 7.54. The van der Waals surface area contributed by atoms with Crippen LogP contribution in [0.4, 0.5) is 0 Å². The first-order valence-electron chi connectivity index (χ1n) is 3.53. The Labute approximate surface area is 60.2 Å². The minimum absolute atomic E-state index is 0.102. The summed E-state index contributed by atoms with van der Waals surface area (Å²) < 4.78 is 0. The molecule has 1 amide bonds. The number of hydrogen-bond acceptors (Lipinski definition) is 2. The van der Waals surface area contributed by atoms with Gasteiger partial charge in [-0.15, -0.1) is 0 Å². The van der Waals surface area contributed by atoms with Crippen LogP contribution in [0, 0.1) is 5.92 Å². The van der Waals surface area contributed by atoms with Gasteiger partial charge in [-0.25, -0.2) is 0 Å². The summed E-state index contributed by atoms with van der Waals surface area (Å²) in [4.78, 5) is 10.6. The fraction of sp³-hybridized carbons (Fsp3) is 0.857. The minimum Gasteiger partial charge on any atom is -0.390 e. The summed E-state index contributed by atoms with van der Waals surface area (Å²) >= 11 is 0. The number of aliphatic hydroxyl groups is 1. The average molecular weight is 143 g/mol. The fourth-order valence-electron chi connectivity index (χ4n) is 1.46. The van der Waals surface area contributed by atoms with E-state index in [2.05, 4.69) is 0 Å². The highest BCUT2D eigenvalue weighted by Gasteiger charge is 2.35. The second-order valence-electron chi connectivity index (χ2n) is 3.34. The largest absolute Gasteiger partial charge is 0.390 e. The molecule has 3 N–H and O–H groups in total. The maximum Gasteiger partial charge on any atom is 0.220 e. The number of hydrogen-bond donors (Lipinski definition) is 2. The van der Waals surface area contributed by atoms with Gasteiger partial charge in [0, 0.05) is 5.92 Å². The van der Waals surface area contributed by atoms with Crippen molar-refractivity contribution in [3.05, 3.63) is 0 Å². The molecule has 0 aromatic carbocycles. The zero-order chi connectivity index (χ0) is 7.78. The Morgan fingerprint density at radius 2 is 2.40 bits per heavy atom. The molecule has 10 heavy (non-hydrogen) atoms. The van der Waals surface area contributed by atoms with Gasteiger partial charge in [0.1, 0.15) is 0 Å². The molecule has 0 saturated heterocycles. The van der Waals surface area contributed by atoms with E-state index in [1.165, 1.54) is 0 Å². The van der Waals surface area contributed by atoms with Gasteiger partial charge in [0.25, 0.3) is 0 Å². The second kappa shape index (κ2) is 2.23. The lowest BCUT2D eigenvalue weighted by Gasteiger charge is -2.14. The van der Waals surface area contributed by atoms with Crippen molar-refractivity contribution in [3.8, 4) is 0 Å². The van der Waals surface area contributed by atoms with Crippen molar-refractivity contribution in [2.24, 2.45) is 11.7 Å². The van der Waals surface area contributed by atoms with Crippen LogP contribution < -0.4 is 5.73 Å². The molecule has 0 bridgehead atoms. The smallest absolute Gasteiger partial charge is 0.220 e. The van der Waals surface area contributed by atoms with Crippen LogP contribution in [0.25, 0.3) is 0 Å². The predicted molar refractivity (Wildman–Crippen MR) is 37.2 cm³/mol. The lowest BCUT2D eigenvalue weighted by molar-refractivity contribution is -0.122. The molecule has 1 aliphatic rings. The van der Waals surface area contributed by atoms with Crippen LogP contribution in [0.15, 0.2) is 0 Å². The van der Waals surface area contributed by atoms with Crippen LogP contribution in [-0.4, -0.2) is 16.6 Å². The normalized spacial score (nSPS) is 40.0. The summed E-state index contributed by atoms with van der Waals surface area (Å²) in [5, 5.41) is 9.41. The van der Waals surface area contributed by atoms with Gasteiger partial charge < -0.3 is 10.8 Å². The van der Waals surface area contributed by atoms with Gasteiger partial charge in [-0.05, 0) is 26.2 Å². The molecule has 0 aromatic heterocycles. The van der Waals surface area contributed by atoms with Gasteiger partial charge >= 0.3 is 0 Å². The Balaban J connectivity index is 2.51. The van der Waals surface area contributed by atoms with Crippen molar-refractivity contribution in [1.82, 2.24) is 0 Å². The van der Waals surface area contributed by atoms with Gasteiger partial charge in [-0.2, -0.15) is 0 Å². The maximum absolute atomic E-state index is 10.6. The second-order valence-corrected chi connectivity index (χ2v) is 3.34. The highest BCUT2D eigenvalue weighted by molar-refractivity contribution is 5.77. The topological polar surface area (TPSA) is 63.3 Å². The van der Waals surface area contributed by atoms with E-state index in [4.69, 9.17) is 5.73 Å². The third-order valence-corrected chi connectivity index (χ3v) is 2.12. The molecule has 0 radical (unpaired) electrons. The van der Waals surface area contributed by atoms with E-state index in [0.29, 0.717) is 12.8 Å². The minimum atomic E-state index is -0.653. The zero-order valence-corrected chi connectivity index (χ0v) is 6.13. The van der Waals surface area contributed by atoms with Gasteiger partial charge in [0.2, 0.25) is 5.91 Å². The SMILES string of the molecule is C[C@]1(O)CCC(C(N)=O)C1. The van der Waals surface area contributed by atoms with Crippen LogP contribution in [0.2, 0.25) is 0 Å². The Morgan fingerprint density at radius 1 is 1.80 bits per heavy atom. The molecule has 0 aliphatic heterocycles. The van der Waals surface area contributed by atoms with Crippen LogP contribution in [0.3, 0.4) is 0 Å². The molecule has 1 saturated carbocycles. The van der Waals surface area contributed by atoms with Crippen LogP contribution in [0.1, 0.15) is 26.2 Å². The monoisotopic (exact) mass is 143 g/mol. The Morgan fingerprint density at radius 3 is 2.60 bits per heavy atom. The molecule has 0 heterocycles. The molecular weight excluding hydrogens is 130 g/mol. The summed E-state index contributed by atoms with van der Waals surface area (Å²) in [5.41, 5.74) is 4.42. The molecule has 58 valence electrons. The Hall–Kier alpha value is -0.570. The van der Waals surface area contributed by atoms with Gasteiger partial charge in [-0.3, -0.25) is 4.79 Å². The van der Waals surface area contributed by atoms with Crippen LogP contribution >= 0.6 is 0 Å². The third-order valence-electron chi connectivity index (χ3n) is 2.12. The molecular formula is C7H13NO2. The number of primary amides is 1. The number of carbonyl (C=O) groups is 1. The molecule has 1 unspecified atom stereocenters. The summed E-state index contributed by atoms with van der Waals surface area (Å²) in [6.45, 7) is 1.75. The maximum atomic E-state index is 10.6. The van der Waals surface area contributed by atoms with Crippen molar-refractivity contribution >= 4 is 5.91 Å². The third kappa shape index (κ3) is 1.48. The number of amides is 1. The standard InChI is InChI=1S/C7H13NO2/c1-7(10)3-2-5(4-7)6(8)9/h5,10H,2-4H2,1H3,(H2,8,9)/t5?,7-/m0/s1. The summed E-state index contributed by atoms with van der Waals surface area (Å²) in [7, 11) is 0. The molecule has 1 aliphatic carbocycles. The van der Waals surface area contributed by atoms with E-state index >= 15 is 0 Å². The lowest BCUT2D eigenvalue weighted by atomic mass is 10.0. The quantitative estimate of drug-likeness (QED) is 0.543. The van der Waals surface area contributed by atoms with Gasteiger partial charge in [-0.1, -0.05) is 0 Å². The fourth-order valence-corrected chi connectivity index (χ4v) is 1.46. The molecule has 0 aromatic rings. The Bertz CT molecular complexity index is 154. The summed E-state index contributed by atoms with van der Waals surface area (Å²) in [6.07, 6.45) is 1.96. The van der Waals surface area contributed by atoms with E-state index in [1.807, 2.05) is 0 Å². The average Bonchev–Trinajstić information content (AvgIpc) is 2.10. The molecule has 0 spiro atoms. The molecule has 3 nitrogen and oxygen atoms in total. The number of rotatable bonds is 1. The molecule has 3 heteroatoms. The van der Waals surface area contributed by atoms with E-state index in [0.717, 1.165) is 6.42 Å². The van der Waals surface area contributed by atoms with Crippen molar-refractivity contribution in [3.63, 3.8) is 0 Å². The predicted octanol–water partition coefficient (Wildman–Crippen LogP) is 0.0228. The van der Waals surface area contributed by atoms with E-state index < -0.39 is 5.60 Å². The highest BCUT2D eigenvalue weighted by atomic mass is 16.3. The summed E-state index contributed by atoms with van der Waals surface area (Å²) in [6, 6.07) is 0. The number of nitrogens with two attached hydrogens (primary N) is 1. The lowest BCUT2D eigenvalue weighted by Crippen LogP contribution is -2.25. The van der Waals surface area contributed by atoms with Gasteiger partial charge in [0.05, 0.1) is 5.60 Å². The first-order chi connectivity index (χ1) is 4.51. The highest BCUT2D eigenvalue weighted by Crippen LogP contribution is 2.33. The van der Waals surface area contributed by atoms with Crippen LogP contribution in [-0.2, 0) is 4.79 Å². The van der Waals surface area contributed by atoms with Crippen molar-refractivity contribution in [1.29, 1.82) is 0 Å². The van der Waals surface area contributed by atoms with E-state index in [-0.39, 0.29) is 11.8 Å². The van der Waals surface area contributed by atoms with E-state index in [1.54, 1.807) is 6.92 Å². The van der Waals surface area contributed by atoms with Crippen molar-refractivity contribution < 1.29 is 9.90 Å². The Kier molecular flexibility index (Phi) is 1.68. The zero-order valence-electron chi connectivity index (χ0n) is 6.13. The van der Waals surface area contributed by atoms with Crippen molar-refractivity contribution in [2.45, 2.75) is 31.8 Å². The summed E-state index contributed by atoms with van der Waals surface area (Å²) in [5.74, 6) is -0.382. The molecule has 1 rings (SSSR count). The van der Waals surface area contributed by atoms with Gasteiger partial charge in [0.15, 0.2) is 0 Å². The molecule has 2 atom stereocenters. The van der Waals surface area contributed by atoms with Crippen LogP contribution in [0.5, 0.6) is 0 Å². The van der Waals surface area contributed by atoms with E-state index in [9.17, 15) is 9.90 Å².